The maximum absolute atomic E-state index is 11.2. The number of carbonyl (C=O) groups excluding carboxylic acids is 1. The largest absolute Gasteiger partial charge is 0.391 e. The number of aromatic nitrogens is 3. The summed E-state index contributed by atoms with van der Waals surface area (Å²) in [7, 11) is 0. The van der Waals surface area contributed by atoms with Gasteiger partial charge in [-0.15, -0.1) is 0 Å². The normalized spacial score (nSPS) is 12.2. The van der Waals surface area contributed by atoms with E-state index >= 15 is 0 Å². The molecule has 0 spiro atoms. The van der Waals surface area contributed by atoms with Crippen LogP contribution in [0.5, 0.6) is 6.01 Å². The molecule has 1 rings (SSSR count). The Hall–Kier alpha value is -1.52. The quantitative estimate of drug-likeness (QED) is 0.646. The van der Waals surface area contributed by atoms with E-state index in [4.69, 9.17) is 4.74 Å². The van der Waals surface area contributed by atoms with Crippen LogP contribution in [0.15, 0.2) is 12.7 Å². The first-order valence-corrected chi connectivity index (χ1v) is 4.07. The molecule has 1 atom stereocenters. The number of nitrogens with zero attached hydrogens (tertiary/aromatic N) is 3. The molecule has 13 heavy (non-hydrogen) atoms. The van der Waals surface area contributed by atoms with Crippen LogP contribution in [0, 0.1) is 5.92 Å². The van der Waals surface area contributed by atoms with Crippen LogP contribution in [-0.2, 0) is 4.79 Å². The van der Waals surface area contributed by atoms with Gasteiger partial charge in [0, 0.05) is 0 Å². The molecule has 0 aliphatic rings. The monoisotopic (exact) mass is 181 g/mol. The van der Waals surface area contributed by atoms with Crippen LogP contribution in [0.25, 0.3) is 0 Å². The summed E-state index contributed by atoms with van der Waals surface area (Å²) in [5.41, 5.74) is 0. The third-order valence-corrected chi connectivity index (χ3v) is 1.68. The first-order chi connectivity index (χ1) is 6.24. The van der Waals surface area contributed by atoms with Crippen molar-refractivity contribution in [2.75, 3.05) is 0 Å². The van der Waals surface area contributed by atoms with E-state index < -0.39 is 0 Å². The van der Waals surface area contributed by atoms with Gasteiger partial charge in [-0.2, -0.15) is 9.97 Å². The number of esters is 1. The molecule has 0 aliphatic heterocycles. The summed E-state index contributed by atoms with van der Waals surface area (Å²) in [5, 5.41) is 0. The van der Waals surface area contributed by atoms with Crippen molar-refractivity contribution in [1.29, 1.82) is 0 Å². The molecule has 0 bridgehead atoms. The van der Waals surface area contributed by atoms with Gasteiger partial charge in [0.2, 0.25) is 0 Å². The molecule has 5 heteroatoms. The fraction of sp³-hybridized carbons (Fsp3) is 0.500. The van der Waals surface area contributed by atoms with Crippen molar-refractivity contribution in [1.82, 2.24) is 15.0 Å². The molecule has 0 amide bonds. The van der Waals surface area contributed by atoms with E-state index in [-0.39, 0.29) is 17.9 Å². The Balaban J connectivity index is 2.55. The zero-order chi connectivity index (χ0) is 9.68. The van der Waals surface area contributed by atoms with Crippen molar-refractivity contribution in [3.63, 3.8) is 0 Å². The van der Waals surface area contributed by atoms with Crippen molar-refractivity contribution >= 4 is 5.97 Å². The minimum absolute atomic E-state index is 0.0558. The van der Waals surface area contributed by atoms with Crippen LogP contribution in [-0.4, -0.2) is 20.9 Å². The first-order valence-electron chi connectivity index (χ1n) is 4.07. The second-order valence-electron chi connectivity index (χ2n) is 2.65. The van der Waals surface area contributed by atoms with Crippen molar-refractivity contribution in [2.24, 2.45) is 5.92 Å². The number of hydrogen-bond acceptors (Lipinski definition) is 5. The Morgan fingerprint density at radius 3 is 2.69 bits per heavy atom. The van der Waals surface area contributed by atoms with Crippen LogP contribution in [0.4, 0.5) is 0 Å². The molecular formula is C8H11N3O2. The van der Waals surface area contributed by atoms with Crippen molar-refractivity contribution in [3.05, 3.63) is 12.7 Å². The van der Waals surface area contributed by atoms with Gasteiger partial charge in [-0.3, -0.25) is 4.79 Å². The Morgan fingerprint density at radius 2 is 2.15 bits per heavy atom. The van der Waals surface area contributed by atoms with Gasteiger partial charge in [0.15, 0.2) is 0 Å². The van der Waals surface area contributed by atoms with Crippen molar-refractivity contribution in [2.45, 2.75) is 20.3 Å². The van der Waals surface area contributed by atoms with Gasteiger partial charge in [-0.25, -0.2) is 4.98 Å². The number of ether oxygens (including phenoxy) is 1. The van der Waals surface area contributed by atoms with Gasteiger partial charge in [0.05, 0.1) is 5.92 Å². The standard InChI is InChI=1S/C8H11N3O2/c1-3-6(2)7(12)13-8-10-4-9-5-11-8/h4-6H,3H2,1-2H3. The lowest BCUT2D eigenvalue weighted by atomic mass is 10.1. The third kappa shape index (κ3) is 2.77. The van der Waals surface area contributed by atoms with E-state index in [1.54, 1.807) is 6.92 Å². The highest BCUT2D eigenvalue weighted by Crippen LogP contribution is 2.05. The molecule has 1 aromatic rings. The summed E-state index contributed by atoms with van der Waals surface area (Å²) < 4.78 is 4.87. The Kier molecular flexibility index (Phi) is 3.31. The molecule has 0 N–H and O–H groups in total. The minimum atomic E-state index is -0.311. The molecule has 0 aliphatic carbocycles. The smallest absolute Gasteiger partial charge is 0.327 e. The molecule has 1 aromatic heterocycles. The molecule has 1 heterocycles. The molecule has 0 saturated carbocycles. The minimum Gasteiger partial charge on any atom is -0.391 e. The van der Waals surface area contributed by atoms with E-state index in [1.807, 2.05) is 6.92 Å². The Bertz CT molecular complexity index is 276. The molecule has 0 aromatic carbocycles. The lowest BCUT2D eigenvalue weighted by molar-refractivity contribution is -0.139. The molecule has 0 radical (unpaired) electrons. The Morgan fingerprint density at radius 1 is 1.54 bits per heavy atom. The topological polar surface area (TPSA) is 65.0 Å². The lowest BCUT2D eigenvalue weighted by Crippen LogP contribution is -2.18. The predicted molar refractivity (Wildman–Crippen MR) is 44.9 cm³/mol. The van der Waals surface area contributed by atoms with Gasteiger partial charge in [-0.1, -0.05) is 13.8 Å². The Labute approximate surface area is 76.2 Å². The molecular weight excluding hydrogens is 170 g/mol. The first kappa shape index (κ1) is 9.57. The van der Waals surface area contributed by atoms with Crippen molar-refractivity contribution < 1.29 is 9.53 Å². The van der Waals surface area contributed by atoms with Gasteiger partial charge in [-0.05, 0) is 6.42 Å². The number of carbonyl (C=O) groups is 1. The summed E-state index contributed by atoms with van der Waals surface area (Å²) in [4.78, 5) is 22.2. The van der Waals surface area contributed by atoms with Crippen LogP contribution in [0.2, 0.25) is 0 Å². The fourth-order valence-electron chi connectivity index (χ4n) is 0.639. The third-order valence-electron chi connectivity index (χ3n) is 1.68. The highest BCUT2D eigenvalue weighted by molar-refractivity contribution is 5.73. The molecule has 70 valence electrons. The van der Waals surface area contributed by atoms with Crippen LogP contribution >= 0.6 is 0 Å². The average molecular weight is 181 g/mol. The van der Waals surface area contributed by atoms with E-state index in [9.17, 15) is 4.79 Å². The summed E-state index contributed by atoms with van der Waals surface area (Å²) in [5.74, 6) is -0.439. The zero-order valence-electron chi connectivity index (χ0n) is 7.60. The highest BCUT2D eigenvalue weighted by atomic mass is 16.5. The van der Waals surface area contributed by atoms with E-state index in [2.05, 4.69) is 15.0 Å². The van der Waals surface area contributed by atoms with Crippen molar-refractivity contribution in [3.8, 4) is 6.01 Å². The summed E-state index contributed by atoms with van der Waals surface area (Å²) in [6, 6.07) is 0.0558. The molecule has 1 unspecified atom stereocenters. The van der Waals surface area contributed by atoms with Gasteiger partial charge < -0.3 is 4.74 Å². The zero-order valence-corrected chi connectivity index (χ0v) is 7.60. The summed E-state index contributed by atoms with van der Waals surface area (Å²) >= 11 is 0. The maximum Gasteiger partial charge on any atom is 0.327 e. The average Bonchev–Trinajstić information content (AvgIpc) is 2.18. The van der Waals surface area contributed by atoms with Gasteiger partial charge in [0.1, 0.15) is 12.7 Å². The van der Waals surface area contributed by atoms with Gasteiger partial charge in [0.25, 0.3) is 0 Å². The van der Waals surface area contributed by atoms with E-state index in [0.717, 1.165) is 6.42 Å². The summed E-state index contributed by atoms with van der Waals surface area (Å²) in [6.45, 7) is 3.71. The SMILES string of the molecule is CCC(C)C(=O)Oc1ncncn1. The summed E-state index contributed by atoms with van der Waals surface area (Å²) in [6.07, 6.45) is 3.31. The van der Waals surface area contributed by atoms with E-state index in [0.29, 0.717) is 0 Å². The highest BCUT2D eigenvalue weighted by Gasteiger charge is 2.13. The van der Waals surface area contributed by atoms with Gasteiger partial charge >= 0.3 is 12.0 Å². The van der Waals surface area contributed by atoms with Crippen LogP contribution < -0.4 is 4.74 Å². The second kappa shape index (κ2) is 4.49. The van der Waals surface area contributed by atoms with Crippen LogP contribution in [0.1, 0.15) is 20.3 Å². The van der Waals surface area contributed by atoms with E-state index in [1.165, 1.54) is 12.7 Å². The molecule has 0 fully saturated rings. The number of hydrogen-bond donors (Lipinski definition) is 0. The second-order valence-corrected chi connectivity index (χ2v) is 2.65. The number of rotatable bonds is 3. The fourth-order valence-corrected chi connectivity index (χ4v) is 0.639. The molecule has 5 nitrogen and oxygen atoms in total. The predicted octanol–water partition coefficient (Wildman–Crippen LogP) is 0.823. The molecule has 0 saturated heterocycles. The maximum atomic E-state index is 11.2. The lowest BCUT2D eigenvalue weighted by Gasteiger charge is -2.05. The van der Waals surface area contributed by atoms with Crippen LogP contribution in [0.3, 0.4) is 0 Å².